The van der Waals surface area contributed by atoms with Crippen LogP contribution in [-0.4, -0.2) is 14.5 Å². The highest BCUT2D eigenvalue weighted by molar-refractivity contribution is 7.71. The van der Waals surface area contributed by atoms with E-state index in [4.69, 9.17) is 12.2 Å². The Morgan fingerprint density at radius 1 is 1.38 bits per heavy atom. The highest BCUT2D eigenvalue weighted by atomic mass is 32.1. The summed E-state index contributed by atoms with van der Waals surface area (Å²) < 4.78 is 2.88. The summed E-state index contributed by atoms with van der Waals surface area (Å²) in [5.41, 5.74) is 3.21. The highest BCUT2D eigenvalue weighted by Crippen LogP contribution is 2.23. The Morgan fingerprint density at radius 2 is 2.06 bits per heavy atom. The Kier molecular flexibility index (Phi) is 2.84. The second-order valence-electron chi connectivity index (χ2n) is 4.61. The van der Waals surface area contributed by atoms with Crippen LogP contribution in [0.2, 0.25) is 0 Å². The van der Waals surface area contributed by atoms with Crippen molar-refractivity contribution in [3.8, 4) is 0 Å². The molecule has 4 heteroatoms. The molecule has 0 radical (unpaired) electrons. The largest absolute Gasteiger partial charge is 0.329 e. The molecule has 0 bridgehead atoms. The van der Waals surface area contributed by atoms with Gasteiger partial charge in [0.1, 0.15) is 0 Å². The van der Waals surface area contributed by atoms with Crippen molar-refractivity contribution in [2.45, 2.75) is 33.7 Å². The summed E-state index contributed by atoms with van der Waals surface area (Å²) in [5.74, 6) is 0.535. The Morgan fingerprint density at radius 3 is 2.69 bits per heavy atom. The molecule has 0 aliphatic heterocycles. The molecule has 2 rings (SSSR count). The Balaban J connectivity index is 2.75. The summed E-state index contributed by atoms with van der Waals surface area (Å²) in [7, 11) is 0. The topological polar surface area (TPSA) is 33.6 Å². The van der Waals surface area contributed by atoms with Crippen molar-refractivity contribution in [3.05, 3.63) is 22.6 Å². The Labute approximate surface area is 101 Å². The van der Waals surface area contributed by atoms with Crippen LogP contribution in [-0.2, 0) is 0 Å². The molecule has 0 amide bonds. The molecular formula is C12H17N3S. The first-order chi connectivity index (χ1) is 7.52. The minimum absolute atomic E-state index is 0.357. The number of aryl methyl sites for hydroxylation is 1. The first-order valence-electron chi connectivity index (χ1n) is 5.58. The molecule has 2 heterocycles. The molecule has 86 valence electrons. The predicted octanol–water partition coefficient (Wildman–Crippen LogP) is 3.62. The molecule has 0 saturated heterocycles. The van der Waals surface area contributed by atoms with Gasteiger partial charge in [-0.3, -0.25) is 4.57 Å². The standard InChI is InChI=1S/C12H17N3S/c1-7(2)9(4)15-11-10(14-12(15)16)8(3)5-6-13-11/h5-7,9H,1-4H3,(H,14,16). The Hall–Kier alpha value is -1.16. The third kappa shape index (κ3) is 1.67. The van der Waals surface area contributed by atoms with Gasteiger partial charge in [0.2, 0.25) is 0 Å². The average Bonchev–Trinajstić information content (AvgIpc) is 2.55. The van der Waals surface area contributed by atoms with Crippen molar-refractivity contribution in [2.75, 3.05) is 0 Å². The van der Waals surface area contributed by atoms with Crippen molar-refractivity contribution < 1.29 is 0 Å². The van der Waals surface area contributed by atoms with Crippen molar-refractivity contribution in [1.29, 1.82) is 0 Å². The number of hydrogen-bond donors (Lipinski definition) is 1. The minimum Gasteiger partial charge on any atom is -0.329 e. The van der Waals surface area contributed by atoms with E-state index in [1.807, 2.05) is 12.3 Å². The number of aromatic amines is 1. The van der Waals surface area contributed by atoms with Gasteiger partial charge in [0, 0.05) is 12.2 Å². The molecule has 0 aliphatic carbocycles. The van der Waals surface area contributed by atoms with E-state index in [0.29, 0.717) is 12.0 Å². The van der Waals surface area contributed by atoms with Gasteiger partial charge in [0.25, 0.3) is 0 Å². The first-order valence-corrected chi connectivity index (χ1v) is 5.99. The quantitative estimate of drug-likeness (QED) is 0.807. The number of pyridine rings is 1. The van der Waals surface area contributed by atoms with Gasteiger partial charge in [-0.25, -0.2) is 4.98 Å². The molecule has 0 saturated carbocycles. The molecule has 1 atom stereocenters. The van der Waals surface area contributed by atoms with E-state index in [1.165, 1.54) is 5.56 Å². The number of nitrogens with one attached hydrogen (secondary N) is 1. The molecule has 1 unspecified atom stereocenters. The van der Waals surface area contributed by atoms with Crippen LogP contribution in [0.3, 0.4) is 0 Å². The summed E-state index contributed by atoms with van der Waals surface area (Å²) in [4.78, 5) is 7.68. The Bertz CT molecular complexity index is 565. The van der Waals surface area contributed by atoms with Gasteiger partial charge >= 0.3 is 0 Å². The molecule has 16 heavy (non-hydrogen) atoms. The van der Waals surface area contributed by atoms with E-state index in [0.717, 1.165) is 15.9 Å². The number of H-pyrrole nitrogens is 1. The predicted molar refractivity (Wildman–Crippen MR) is 69.2 cm³/mol. The molecule has 0 aliphatic rings. The lowest BCUT2D eigenvalue weighted by atomic mass is 10.1. The third-order valence-electron chi connectivity index (χ3n) is 3.19. The van der Waals surface area contributed by atoms with Crippen molar-refractivity contribution in [3.63, 3.8) is 0 Å². The summed E-state index contributed by atoms with van der Waals surface area (Å²) in [5, 5.41) is 0. The average molecular weight is 235 g/mol. The van der Waals surface area contributed by atoms with Crippen LogP contribution in [0.15, 0.2) is 12.3 Å². The van der Waals surface area contributed by atoms with Gasteiger partial charge in [-0.05, 0) is 43.6 Å². The molecule has 0 fully saturated rings. The summed E-state index contributed by atoms with van der Waals surface area (Å²) in [6.07, 6.45) is 1.84. The van der Waals surface area contributed by atoms with Gasteiger partial charge < -0.3 is 4.98 Å². The molecule has 0 aromatic carbocycles. The lowest BCUT2D eigenvalue weighted by molar-refractivity contribution is 0.411. The maximum atomic E-state index is 5.38. The van der Waals surface area contributed by atoms with Crippen LogP contribution >= 0.6 is 12.2 Å². The van der Waals surface area contributed by atoms with Gasteiger partial charge in [0.15, 0.2) is 10.4 Å². The van der Waals surface area contributed by atoms with E-state index in [-0.39, 0.29) is 0 Å². The fraction of sp³-hybridized carbons (Fsp3) is 0.500. The zero-order valence-corrected chi connectivity index (χ0v) is 10.9. The molecule has 2 aromatic rings. The van der Waals surface area contributed by atoms with Crippen LogP contribution in [0.1, 0.15) is 32.4 Å². The van der Waals surface area contributed by atoms with Crippen LogP contribution in [0.4, 0.5) is 0 Å². The van der Waals surface area contributed by atoms with Gasteiger partial charge in [-0.1, -0.05) is 13.8 Å². The normalized spacial score (nSPS) is 13.6. The highest BCUT2D eigenvalue weighted by Gasteiger charge is 2.15. The van der Waals surface area contributed by atoms with E-state index < -0.39 is 0 Å². The van der Waals surface area contributed by atoms with Crippen LogP contribution in [0.25, 0.3) is 11.2 Å². The molecule has 0 spiro atoms. The summed E-state index contributed by atoms with van der Waals surface area (Å²) in [6.45, 7) is 8.64. The van der Waals surface area contributed by atoms with Crippen molar-refractivity contribution in [2.24, 2.45) is 5.92 Å². The fourth-order valence-electron chi connectivity index (χ4n) is 1.82. The number of imidazole rings is 1. The SMILES string of the molecule is Cc1ccnc2c1[nH]c(=S)n2C(C)C(C)C. The molecule has 2 aromatic heterocycles. The second kappa shape index (κ2) is 4.01. The van der Waals surface area contributed by atoms with Crippen molar-refractivity contribution in [1.82, 2.24) is 14.5 Å². The maximum absolute atomic E-state index is 5.38. The first kappa shape index (κ1) is 11.3. The molecule has 3 nitrogen and oxygen atoms in total. The monoisotopic (exact) mass is 235 g/mol. The third-order valence-corrected chi connectivity index (χ3v) is 3.49. The summed E-state index contributed by atoms with van der Waals surface area (Å²) in [6, 6.07) is 2.35. The van der Waals surface area contributed by atoms with Crippen molar-refractivity contribution >= 4 is 23.4 Å². The fourth-order valence-corrected chi connectivity index (χ4v) is 2.18. The van der Waals surface area contributed by atoms with E-state index in [2.05, 4.69) is 42.2 Å². The number of nitrogens with zero attached hydrogens (tertiary/aromatic N) is 2. The minimum atomic E-state index is 0.357. The number of fused-ring (bicyclic) bond motifs is 1. The van der Waals surface area contributed by atoms with Gasteiger partial charge in [0.05, 0.1) is 5.52 Å². The molecule has 1 N–H and O–H groups in total. The number of aromatic nitrogens is 3. The zero-order valence-electron chi connectivity index (χ0n) is 10.1. The number of hydrogen-bond acceptors (Lipinski definition) is 2. The maximum Gasteiger partial charge on any atom is 0.179 e. The van der Waals surface area contributed by atoms with E-state index in [9.17, 15) is 0 Å². The zero-order chi connectivity index (χ0) is 11.9. The molecular weight excluding hydrogens is 218 g/mol. The summed E-state index contributed by atoms with van der Waals surface area (Å²) >= 11 is 5.38. The van der Waals surface area contributed by atoms with Crippen LogP contribution in [0.5, 0.6) is 0 Å². The lowest BCUT2D eigenvalue weighted by Crippen LogP contribution is -2.12. The smallest absolute Gasteiger partial charge is 0.179 e. The second-order valence-corrected chi connectivity index (χ2v) is 5.00. The van der Waals surface area contributed by atoms with Gasteiger partial charge in [-0.2, -0.15) is 0 Å². The van der Waals surface area contributed by atoms with Gasteiger partial charge in [-0.15, -0.1) is 0 Å². The number of rotatable bonds is 2. The van der Waals surface area contributed by atoms with E-state index in [1.54, 1.807) is 0 Å². The lowest BCUT2D eigenvalue weighted by Gasteiger charge is -2.17. The van der Waals surface area contributed by atoms with Crippen LogP contribution < -0.4 is 0 Å². The van der Waals surface area contributed by atoms with Crippen LogP contribution in [0, 0.1) is 17.6 Å². The van der Waals surface area contributed by atoms with E-state index >= 15 is 0 Å².